The summed E-state index contributed by atoms with van der Waals surface area (Å²) in [6.45, 7) is 0. The van der Waals surface area contributed by atoms with Gasteiger partial charge in [-0.2, -0.15) is 5.10 Å². The topological polar surface area (TPSA) is 77.1 Å². The Kier molecular flexibility index (Phi) is 3.39. The molecule has 0 aromatic heterocycles. The van der Waals surface area contributed by atoms with Gasteiger partial charge >= 0.3 is 0 Å². The summed E-state index contributed by atoms with van der Waals surface area (Å²) in [6, 6.07) is 13.1. The Hall–Kier alpha value is -2.69. The first-order valence-corrected chi connectivity index (χ1v) is 6.62. The van der Waals surface area contributed by atoms with Crippen LogP contribution in [0.25, 0.3) is 0 Å². The number of hydrazone groups is 1. The molecule has 3 rings (SSSR count). The number of benzene rings is 2. The van der Waals surface area contributed by atoms with Gasteiger partial charge in [-0.1, -0.05) is 30.3 Å². The molecule has 0 bridgehead atoms. The first-order chi connectivity index (χ1) is 10.2. The number of fused-ring (bicyclic) bond motifs is 1. The van der Waals surface area contributed by atoms with Gasteiger partial charge in [0.15, 0.2) is 0 Å². The molecule has 0 amide bonds. The van der Waals surface area contributed by atoms with Crippen molar-refractivity contribution < 1.29 is 14.6 Å². The number of rotatable bonds is 2. The molecular weight excluding hydrogens is 268 g/mol. The van der Waals surface area contributed by atoms with E-state index in [4.69, 9.17) is 15.3 Å². The summed E-state index contributed by atoms with van der Waals surface area (Å²) in [5.41, 5.74) is 2.18. The minimum Gasteiger partial charge on any atom is -0.507 e. The predicted molar refractivity (Wildman–Crippen MR) is 79.8 cm³/mol. The van der Waals surface area contributed by atoms with Crippen molar-refractivity contribution in [2.75, 3.05) is 7.11 Å². The van der Waals surface area contributed by atoms with Crippen LogP contribution in [0.3, 0.4) is 0 Å². The van der Waals surface area contributed by atoms with E-state index in [0.29, 0.717) is 29.2 Å². The van der Waals surface area contributed by atoms with Crippen molar-refractivity contribution in [2.24, 2.45) is 10.9 Å². The minimum atomic E-state index is -0.187. The van der Waals surface area contributed by atoms with Gasteiger partial charge in [-0.3, -0.25) is 0 Å². The Bertz CT molecular complexity index is 683. The molecule has 1 atom stereocenters. The molecule has 1 aliphatic rings. The third-order valence-corrected chi connectivity index (χ3v) is 3.55. The second-order valence-corrected chi connectivity index (χ2v) is 4.82. The molecule has 0 aliphatic carbocycles. The molecule has 108 valence electrons. The second-order valence-electron chi connectivity index (χ2n) is 4.82. The average Bonchev–Trinajstić information content (AvgIpc) is 2.54. The van der Waals surface area contributed by atoms with Crippen molar-refractivity contribution in [1.29, 1.82) is 0 Å². The van der Waals surface area contributed by atoms with Crippen molar-refractivity contribution in [1.82, 2.24) is 0 Å². The smallest absolute Gasteiger partial charge is 0.136 e. The summed E-state index contributed by atoms with van der Waals surface area (Å²) >= 11 is 0. The van der Waals surface area contributed by atoms with Crippen LogP contribution in [0.1, 0.15) is 23.7 Å². The lowest BCUT2D eigenvalue weighted by atomic mass is 9.95. The van der Waals surface area contributed by atoms with Crippen molar-refractivity contribution in [2.45, 2.75) is 12.5 Å². The molecule has 21 heavy (non-hydrogen) atoms. The Morgan fingerprint density at radius 2 is 2.05 bits per heavy atom. The van der Waals surface area contributed by atoms with Crippen LogP contribution in [0.5, 0.6) is 17.2 Å². The van der Waals surface area contributed by atoms with Gasteiger partial charge in [0, 0.05) is 18.6 Å². The van der Waals surface area contributed by atoms with E-state index in [-0.39, 0.29) is 11.9 Å². The van der Waals surface area contributed by atoms with Gasteiger partial charge in [-0.05, 0) is 5.56 Å². The van der Waals surface area contributed by atoms with E-state index < -0.39 is 0 Å². The minimum absolute atomic E-state index is 0.0556. The first kappa shape index (κ1) is 13.3. The molecular formula is C16H16N2O3. The Morgan fingerprint density at radius 1 is 1.29 bits per heavy atom. The summed E-state index contributed by atoms with van der Waals surface area (Å²) in [7, 11) is 1.54. The molecule has 1 heterocycles. The molecule has 0 fully saturated rings. The van der Waals surface area contributed by atoms with Crippen LogP contribution in [0.4, 0.5) is 0 Å². The van der Waals surface area contributed by atoms with E-state index in [1.165, 1.54) is 13.2 Å². The fourth-order valence-corrected chi connectivity index (χ4v) is 2.52. The molecule has 5 heteroatoms. The molecule has 0 radical (unpaired) electrons. The number of phenolic OH excluding ortho intramolecular Hbond substituents is 1. The lowest BCUT2D eigenvalue weighted by molar-refractivity contribution is 0.204. The number of aromatic hydroxyl groups is 1. The fourth-order valence-electron chi connectivity index (χ4n) is 2.52. The van der Waals surface area contributed by atoms with Gasteiger partial charge in [-0.15, -0.1) is 0 Å². The number of methoxy groups -OCH3 is 1. The summed E-state index contributed by atoms with van der Waals surface area (Å²) < 4.78 is 11.2. The van der Waals surface area contributed by atoms with Gasteiger partial charge in [0.05, 0.1) is 18.4 Å². The maximum absolute atomic E-state index is 10.1. The van der Waals surface area contributed by atoms with E-state index in [1.807, 2.05) is 30.3 Å². The highest BCUT2D eigenvalue weighted by atomic mass is 16.5. The van der Waals surface area contributed by atoms with Gasteiger partial charge in [-0.25, -0.2) is 0 Å². The lowest BCUT2D eigenvalue weighted by Crippen LogP contribution is -2.22. The number of hydrogen-bond acceptors (Lipinski definition) is 5. The molecule has 1 unspecified atom stereocenters. The molecule has 0 spiro atoms. The van der Waals surface area contributed by atoms with Crippen LogP contribution >= 0.6 is 0 Å². The molecule has 5 nitrogen and oxygen atoms in total. The third-order valence-electron chi connectivity index (χ3n) is 3.55. The largest absolute Gasteiger partial charge is 0.507 e. The highest BCUT2D eigenvalue weighted by Gasteiger charge is 2.29. The van der Waals surface area contributed by atoms with E-state index in [0.717, 1.165) is 5.56 Å². The number of phenols is 1. The highest BCUT2D eigenvalue weighted by Crippen LogP contribution is 2.41. The zero-order valence-electron chi connectivity index (χ0n) is 11.6. The van der Waals surface area contributed by atoms with Crippen LogP contribution in [0, 0.1) is 0 Å². The lowest BCUT2D eigenvalue weighted by Gasteiger charge is -2.28. The molecule has 3 N–H and O–H groups in total. The van der Waals surface area contributed by atoms with E-state index >= 15 is 0 Å². The maximum atomic E-state index is 10.1. The molecule has 1 aliphatic heterocycles. The first-order valence-electron chi connectivity index (χ1n) is 6.62. The number of ether oxygens (including phenoxy) is 2. The number of nitrogens with zero attached hydrogens (tertiary/aromatic N) is 1. The standard InChI is InChI=1S/C16H16N2O3/c1-20-11-7-13(19)16-12(18-17)9-14(21-15(16)8-11)10-5-3-2-4-6-10/h2-8,14,19H,9,17H2,1H3. The number of nitrogens with two attached hydrogens (primary N) is 1. The quantitative estimate of drug-likeness (QED) is 0.656. The highest BCUT2D eigenvalue weighted by molar-refractivity contribution is 6.06. The zero-order chi connectivity index (χ0) is 14.8. The second kappa shape index (κ2) is 5.36. The van der Waals surface area contributed by atoms with E-state index in [2.05, 4.69) is 5.10 Å². The van der Waals surface area contributed by atoms with Crippen molar-refractivity contribution in [3.8, 4) is 17.2 Å². The van der Waals surface area contributed by atoms with Gasteiger partial charge in [0.2, 0.25) is 0 Å². The summed E-state index contributed by atoms with van der Waals surface area (Å²) in [5, 5.41) is 13.9. The number of hydrogen-bond donors (Lipinski definition) is 2. The van der Waals surface area contributed by atoms with Crippen LogP contribution in [-0.2, 0) is 0 Å². The summed E-state index contributed by atoms with van der Waals surface area (Å²) in [6.07, 6.45) is 0.320. The van der Waals surface area contributed by atoms with Gasteiger partial charge < -0.3 is 20.4 Å². The SMILES string of the molecule is COc1cc(O)c2c(c1)OC(c1ccccc1)CC2=NN. The summed E-state index contributed by atoms with van der Waals surface area (Å²) in [4.78, 5) is 0. The van der Waals surface area contributed by atoms with Crippen LogP contribution in [0.2, 0.25) is 0 Å². The molecule has 2 aromatic carbocycles. The molecule has 0 saturated carbocycles. The fraction of sp³-hybridized carbons (Fsp3) is 0.188. The normalized spacial score (nSPS) is 18.9. The van der Waals surface area contributed by atoms with E-state index in [1.54, 1.807) is 6.07 Å². The van der Waals surface area contributed by atoms with Gasteiger partial charge in [0.1, 0.15) is 23.4 Å². The van der Waals surface area contributed by atoms with Crippen LogP contribution in [-0.4, -0.2) is 17.9 Å². The monoisotopic (exact) mass is 284 g/mol. The van der Waals surface area contributed by atoms with E-state index in [9.17, 15) is 5.11 Å². The van der Waals surface area contributed by atoms with Crippen molar-refractivity contribution >= 4 is 5.71 Å². The molecule has 0 saturated heterocycles. The third kappa shape index (κ3) is 2.38. The van der Waals surface area contributed by atoms with Crippen molar-refractivity contribution in [3.63, 3.8) is 0 Å². The molecule has 2 aromatic rings. The Labute approximate surface area is 122 Å². The Morgan fingerprint density at radius 3 is 2.71 bits per heavy atom. The van der Waals surface area contributed by atoms with Gasteiger partial charge in [0.25, 0.3) is 0 Å². The average molecular weight is 284 g/mol. The zero-order valence-corrected chi connectivity index (χ0v) is 11.6. The summed E-state index contributed by atoms with van der Waals surface area (Å²) in [5.74, 6) is 6.59. The Balaban J connectivity index is 2.06. The maximum Gasteiger partial charge on any atom is 0.136 e. The van der Waals surface area contributed by atoms with Crippen LogP contribution < -0.4 is 15.3 Å². The van der Waals surface area contributed by atoms with Crippen LogP contribution in [0.15, 0.2) is 47.6 Å². The van der Waals surface area contributed by atoms with Crippen molar-refractivity contribution in [3.05, 3.63) is 53.6 Å². The predicted octanol–water partition coefficient (Wildman–Crippen LogP) is 2.59.